The van der Waals surface area contributed by atoms with Gasteiger partial charge in [-0.25, -0.2) is 0 Å². The van der Waals surface area contributed by atoms with Gasteiger partial charge in [0, 0.05) is 18.9 Å². The van der Waals surface area contributed by atoms with Gasteiger partial charge in [-0.3, -0.25) is 4.79 Å². The van der Waals surface area contributed by atoms with E-state index in [0.717, 1.165) is 31.2 Å². The third kappa shape index (κ3) is 4.25. The molecule has 1 aliphatic carbocycles. The molecule has 1 saturated carbocycles. The number of nitrogens with zero attached hydrogens (tertiary/aromatic N) is 1. The highest BCUT2D eigenvalue weighted by Crippen LogP contribution is 2.32. The van der Waals surface area contributed by atoms with Gasteiger partial charge in [0.15, 0.2) is 0 Å². The van der Waals surface area contributed by atoms with Crippen LogP contribution in [0.25, 0.3) is 6.08 Å². The van der Waals surface area contributed by atoms with E-state index in [4.69, 9.17) is 4.74 Å². The number of hydrogen-bond donors (Lipinski definition) is 1. The summed E-state index contributed by atoms with van der Waals surface area (Å²) < 4.78 is 5.59. The summed E-state index contributed by atoms with van der Waals surface area (Å²) in [6.45, 7) is 1.81. The molecule has 3 rings (SSSR count). The van der Waals surface area contributed by atoms with Crippen LogP contribution < -0.4 is 0 Å². The number of hydrogen-bond acceptors (Lipinski definition) is 3. The second kappa shape index (κ2) is 8.45. The van der Waals surface area contributed by atoms with Gasteiger partial charge in [0.25, 0.3) is 0 Å². The van der Waals surface area contributed by atoms with Gasteiger partial charge in [-0.05, 0) is 24.8 Å². The van der Waals surface area contributed by atoms with Gasteiger partial charge in [0.1, 0.15) is 0 Å². The van der Waals surface area contributed by atoms with Crippen molar-refractivity contribution in [3.8, 4) is 0 Å². The molecule has 1 aromatic carbocycles. The number of rotatable bonds is 5. The number of aliphatic hydroxyl groups is 1. The van der Waals surface area contributed by atoms with E-state index in [0.29, 0.717) is 26.2 Å². The highest BCUT2D eigenvalue weighted by atomic mass is 16.5. The molecule has 2 aliphatic rings. The van der Waals surface area contributed by atoms with E-state index in [-0.39, 0.29) is 24.0 Å². The molecular formula is C20H27NO3. The van der Waals surface area contributed by atoms with E-state index in [2.05, 4.69) is 24.3 Å². The first-order valence-electron chi connectivity index (χ1n) is 9.02. The summed E-state index contributed by atoms with van der Waals surface area (Å²) in [6, 6.07) is 10.2. The maximum atomic E-state index is 12.6. The molecule has 0 radical (unpaired) electrons. The van der Waals surface area contributed by atoms with Crippen LogP contribution >= 0.6 is 0 Å². The number of carbonyl (C=O) groups is 1. The highest BCUT2D eigenvalue weighted by Gasteiger charge is 2.39. The molecule has 1 aromatic rings. The summed E-state index contributed by atoms with van der Waals surface area (Å²) in [4.78, 5) is 14.6. The van der Waals surface area contributed by atoms with E-state index in [1.165, 1.54) is 0 Å². The van der Waals surface area contributed by atoms with Crippen molar-refractivity contribution >= 4 is 12.0 Å². The van der Waals surface area contributed by atoms with Crippen molar-refractivity contribution in [2.24, 2.45) is 5.92 Å². The molecule has 130 valence electrons. The average Bonchev–Trinajstić information content (AvgIpc) is 3.05. The minimum atomic E-state index is -0.287. The molecule has 4 nitrogen and oxygen atoms in total. The van der Waals surface area contributed by atoms with Crippen LogP contribution in [-0.4, -0.2) is 47.8 Å². The van der Waals surface area contributed by atoms with Gasteiger partial charge in [0.05, 0.1) is 25.4 Å². The second-order valence-electron chi connectivity index (χ2n) is 6.74. The first kappa shape index (κ1) is 17.2. The van der Waals surface area contributed by atoms with Crippen LogP contribution in [0.4, 0.5) is 0 Å². The van der Waals surface area contributed by atoms with Crippen molar-refractivity contribution in [3.63, 3.8) is 0 Å². The Morgan fingerprint density at radius 2 is 2.12 bits per heavy atom. The maximum Gasteiger partial charge on any atom is 0.223 e. The fourth-order valence-electron chi connectivity index (χ4n) is 3.84. The number of allylic oxidation sites excluding steroid dienone is 1. The Morgan fingerprint density at radius 1 is 1.29 bits per heavy atom. The van der Waals surface area contributed by atoms with E-state index in [1.54, 1.807) is 0 Å². The van der Waals surface area contributed by atoms with Gasteiger partial charge < -0.3 is 14.7 Å². The summed E-state index contributed by atoms with van der Waals surface area (Å²) >= 11 is 0. The quantitative estimate of drug-likeness (QED) is 0.904. The summed E-state index contributed by atoms with van der Waals surface area (Å²) in [5, 5.41) is 10.2. The minimum absolute atomic E-state index is 0.0434. The number of carbonyl (C=O) groups excluding carboxylic acids is 1. The molecule has 3 unspecified atom stereocenters. The topological polar surface area (TPSA) is 49.8 Å². The van der Waals surface area contributed by atoms with E-state index in [1.807, 2.05) is 23.1 Å². The van der Waals surface area contributed by atoms with Crippen molar-refractivity contribution in [2.75, 3.05) is 19.8 Å². The summed E-state index contributed by atoms with van der Waals surface area (Å²) in [5.74, 6) is 0.356. The molecule has 1 amide bonds. The predicted octanol–water partition coefficient (Wildman–Crippen LogP) is 2.87. The van der Waals surface area contributed by atoms with Crippen LogP contribution in [0.5, 0.6) is 0 Å². The Balaban J connectivity index is 1.53. The van der Waals surface area contributed by atoms with E-state index >= 15 is 0 Å². The molecule has 2 fully saturated rings. The SMILES string of the molecule is O=C(CC/C=C/c1ccccc1)N1CCOCC1C1CCCC1O. The van der Waals surface area contributed by atoms with E-state index in [9.17, 15) is 9.90 Å². The van der Waals surface area contributed by atoms with E-state index < -0.39 is 0 Å². The van der Waals surface area contributed by atoms with Crippen LogP contribution in [-0.2, 0) is 9.53 Å². The lowest BCUT2D eigenvalue weighted by Gasteiger charge is -2.40. The number of morpholine rings is 1. The molecule has 0 bridgehead atoms. The van der Waals surface area contributed by atoms with Crippen LogP contribution in [0, 0.1) is 5.92 Å². The van der Waals surface area contributed by atoms with Gasteiger partial charge >= 0.3 is 0 Å². The zero-order valence-corrected chi connectivity index (χ0v) is 14.1. The summed E-state index contributed by atoms with van der Waals surface area (Å²) in [6.07, 6.45) is 7.98. The van der Waals surface area contributed by atoms with Gasteiger partial charge in [-0.2, -0.15) is 0 Å². The molecule has 3 atom stereocenters. The normalized spacial score (nSPS) is 27.7. The Hall–Kier alpha value is -1.65. The largest absolute Gasteiger partial charge is 0.393 e. The molecule has 0 aromatic heterocycles. The molecule has 1 saturated heterocycles. The third-order valence-electron chi connectivity index (χ3n) is 5.15. The lowest BCUT2D eigenvalue weighted by Crippen LogP contribution is -2.53. The average molecular weight is 329 g/mol. The Kier molecular flexibility index (Phi) is 6.05. The smallest absolute Gasteiger partial charge is 0.223 e. The monoisotopic (exact) mass is 329 g/mol. The zero-order valence-electron chi connectivity index (χ0n) is 14.1. The molecule has 1 aliphatic heterocycles. The Bertz CT molecular complexity index is 557. The molecule has 1 N–H and O–H groups in total. The first-order chi connectivity index (χ1) is 11.8. The number of benzene rings is 1. The van der Waals surface area contributed by atoms with Crippen molar-refractivity contribution < 1.29 is 14.6 Å². The molecule has 24 heavy (non-hydrogen) atoms. The third-order valence-corrected chi connectivity index (χ3v) is 5.15. The van der Waals surface area contributed by atoms with Gasteiger partial charge in [0.2, 0.25) is 5.91 Å². The van der Waals surface area contributed by atoms with Crippen molar-refractivity contribution in [1.82, 2.24) is 4.90 Å². The first-order valence-corrected chi connectivity index (χ1v) is 9.02. The standard InChI is InChI=1S/C20H27NO3/c22-19-11-6-10-17(19)18-15-24-14-13-21(18)20(23)12-5-4-9-16-7-2-1-3-8-16/h1-4,7-9,17-19,22H,5-6,10-15H2/b9-4+. The van der Waals surface area contributed by atoms with Crippen LogP contribution in [0.1, 0.15) is 37.7 Å². The lowest BCUT2D eigenvalue weighted by atomic mass is 9.94. The Morgan fingerprint density at radius 3 is 2.88 bits per heavy atom. The molecule has 4 heteroatoms. The zero-order chi connectivity index (χ0) is 16.8. The van der Waals surface area contributed by atoms with Gasteiger partial charge in [-0.1, -0.05) is 48.9 Å². The minimum Gasteiger partial charge on any atom is -0.393 e. The maximum absolute atomic E-state index is 12.6. The highest BCUT2D eigenvalue weighted by molar-refractivity contribution is 5.77. The van der Waals surface area contributed by atoms with Crippen LogP contribution in [0.3, 0.4) is 0 Å². The van der Waals surface area contributed by atoms with Crippen LogP contribution in [0.2, 0.25) is 0 Å². The second-order valence-corrected chi connectivity index (χ2v) is 6.74. The molecular weight excluding hydrogens is 302 g/mol. The summed E-state index contributed by atoms with van der Waals surface area (Å²) in [5.41, 5.74) is 1.16. The predicted molar refractivity (Wildman–Crippen MR) is 94.4 cm³/mol. The van der Waals surface area contributed by atoms with Crippen molar-refractivity contribution in [1.29, 1.82) is 0 Å². The number of amides is 1. The molecule has 0 spiro atoms. The van der Waals surface area contributed by atoms with Crippen molar-refractivity contribution in [3.05, 3.63) is 42.0 Å². The lowest BCUT2D eigenvalue weighted by molar-refractivity contribution is -0.143. The fraction of sp³-hybridized carbons (Fsp3) is 0.550. The number of aliphatic hydroxyl groups excluding tert-OH is 1. The van der Waals surface area contributed by atoms with Crippen LogP contribution in [0.15, 0.2) is 36.4 Å². The number of ether oxygens (including phenoxy) is 1. The fourth-order valence-corrected chi connectivity index (χ4v) is 3.84. The summed E-state index contributed by atoms with van der Waals surface area (Å²) in [7, 11) is 0. The van der Waals surface area contributed by atoms with Gasteiger partial charge in [-0.15, -0.1) is 0 Å². The van der Waals surface area contributed by atoms with Crippen molar-refractivity contribution in [2.45, 2.75) is 44.2 Å². The molecule has 1 heterocycles. The Labute approximate surface area is 144 Å².